The van der Waals surface area contributed by atoms with E-state index in [9.17, 15) is 0 Å². The van der Waals surface area contributed by atoms with Gasteiger partial charge >= 0.3 is 0 Å². The molecule has 0 saturated carbocycles. The monoisotopic (exact) mass is 225 g/mol. The first kappa shape index (κ1) is 12.2. The van der Waals surface area contributed by atoms with Crippen LogP contribution in [0.4, 0.5) is 11.5 Å². The fraction of sp³-hybridized carbons (Fsp3) is 0.545. The Morgan fingerprint density at radius 1 is 1.53 bits per heavy atom. The summed E-state index contributed by atoms with van der Waals surface area (Å²) < 4.78 is 0. The molecule has 1 aromatic heterocycles. The van der Waals surface area contributed by atoms with E-state index in [4.69, 9.17) is 5.73 Å². The summed E-state index contributed by atoms with van der Waals surface area (Å²) in [6, 6.07) is 4.40. The van der Waals surface area contributed by atoms with Crippen LogP contribution in [0, 0.1) is 0 Å². The Balaban J connectivity index is 2.73. The zero-order valence-corrected chi connectivity index (χ0v) is 10.4. The third-order valence-corrected chi connectivity index (χ3v) is 3.23. The number of nitrogens with zero attached hydrogens (tertiary/aromatic N) is 2. The van der Waals surface area contributed by atoms with E-state index in [0.29, 0.717) is 11.7 Å². The van der Waals surface area contributed by atoms with Crippen molar-refractivity contribution in [3.8, 4) is 0 Å². The molecule has 4 heteroatoms. The highest BCUT2D eigenvalue weighted by Crippen LogP contribution is 2.17. The van der Waals surface area contributed by atoms with E-state index in [0.717, 1.165) is 18.0 Å². The topological polar surface area (TPSA) is 42.1 Å². The number of pyridine rings is 1. The normalized spacial score (nSPS) is 12.5. The van der Waals surface area contributed by atoms with Crippen molar-refractivity contribution in [2.45, 2.75) is 19.4 Å². The van der Waals surface area contributed by atoms with Gasteiger partial charge in [-0.05, 0) is 24.8 Å². The van der Waals surface area contributed by atoms with Crippen molar-refractivity contribution in [2.24, 2.45) is 0 Å². The molecule has 2 N–H and O–H groups in total. The molecule has 1 aromatic rings. The zero-order chi connectivity index (χ0) is 11.3. The number of nitrogen functional groups attached to an aromatic ring is 1. The molecule has 0 aromatic carbocycles. The van der Waals surface area contributed by atoms with Gasteiger partial charge in [0, 0.05) is 18.8 Å². The predicted octanol–water partition coefficient (Wildman–Crippen LogP) is 2.24. The molecule has 0 aliphatic rings. The van der Waals surface area contributed by atoms with Crippen LogP contribution in [0.3, 0.4) is 0 Å². The lowest BCUT2D eigenvalue weighted by molar-refractivity contribution is 0.666. The van der Waals surface area contributed by atoms with E-state index in [1.807, 2.05) is 23.9 Å². The second-order valence-electron chi connectivity index (χ2n) is 3.58. The lowest BCUT2D eigenvalue weighted by Crippen LogP contribution is -2.33. The molecule has 0 fully saturated rings. The number of hydrogen-bond acceptors (Lipinski definition) is 4. The average molecular weight is 225 g/mol. The van der Waals surface area contributed by atoms with E-state index in [-0.39, 0.29) is 0 Å². The Morgan fingerprint density at radius 2 is 2.27 bits per heavy atom. The van der Waals surface area contributed by atoms with E-state index in [1.54, 1.807) is 6.20 Å². The predicted molar refractivity (Wildman–Crippen MR) is 69.5 cm³/mol. The van der Waals surface area contributed by atoms with Gasteiger partial charge in [-0.1, -0.05) is 6.92 Å². The van der Waals surface area contributed by atoms with Crippen molar-refractivity contribution in [3.05, 3.63) is 18.3 Å². The number of anilines is 2. The number of nitrogens with two attached hydrogens (primary N) is 1. The fourth-order valence-corrected chi connectivity index (χ4v) is 2.33. The van der Waals surface area contributed by atoms with Crippen molar-refractivity contribution in [1.82, 2.24) is 4.98 Å². The van der Waals surface area contributed by atoms with Gasteiger partial charge in [0.25, 0.3) is 0 Å². The van der Waals surface area contributed by atoms with Crippen LogP contribution in [0.25, 0.3) is 0 Å². The molecule has 1 atom stereocenters. The van der Waals surface area contributed by atoms with Crippen LogP contribution in [0.5, 0.6) is 0 Å². The minimum absolute atomic E-state index is 0.538. The highest BCUT2D eigenvalue weighted by molar-refractivity contribution is 7.98. The minimum Gasteiger partial charge on any atom is -0.397 e. The minimum atomic E-state index is 0.538. The van der Waals surface area contributed by atoms with Crippen molar-refractivity contribution in [2.75, 3.05) is 29.7 Å². The van der Waals surface area contributed by atoms with E-state index in [2.05, 4.69) is 30.1 Å². The molecule has 1 unspecified atom stereocenters. The number of thioether (sulfide) groups is 1. The molecule has 0 amide bonds. The molecule has 0 bridgehead atoms. The highest BCUT2D eigenvalue weighted by atomic mass is 32.2. The van der Waals surface area contributed by atoms with Gasteiger partial charge < -0.3 is 10.6 Å². The smallest absolute Gasteiger partial charge is 0.128 e. The maximum atomic E-state index is 5.61. The number of hydrogen-bond donors (Lipinski definition) is 1. The number of aromatic nitrogens is 1. The standard InChI is InChI=1S/C11H19N3S/c1-4-10(8-15-3)14(2)11-6-5-9(12)7-13-11/h5-7,10H,4,8,12H2,1-3H3. The van der Waals surface area contributed by atoms with Crippen molar-refractivity contribution in [3.63, 3.8) is 0 Å². The van der Waals surface area contributed by atoms with Gasteiger partial charge in [-0.15, -0.1) is 0 Å². The average Bonchev–Trinajstić information content (AvgIpc) is 2.26. The Bertz CT molecular complexity index is 286. The second-order valence-corrected chi connectivity index (χ2v) is 4.49. The van der Waals surface area contributed by atoms with Gasteiger partial charge in [0.2, 0.25) is 0 Å². The van der Waals surface area contributed by atoms with E-state index in [1.165, 1.54) is 0 Å². The summed E-state index contributed by atoms with van der Waals surface area (Å²) >= 11 is 1.87. The van der Waals surface area contributed by atoms with Crippen LogP contribution >= 0.6 is 11.8 Å². The van der Waals surface area contributed by atoms with Crippen LogP contribution in [0.2, 0.25) is 0 Å². The maximum absolute atomic E-state index is 5.61. The molecule has 15 heavy (non-hydrogen) atoms. The number of rotatable bonds is 5. The van der Waals surface area contributed by atoms with Crippen LogP contribution in [0.1, 0.15) is 13.3 Å². The third-order valence-electron chi connectivity index (χ3n) is 2.51. The molecule has 3 nitrogen and oxygen atoms in total. The Labute approximate surface area is 96.1 Å². The fourth-order valence-electron chi connectivity index (χ4n) is 1.49. The van der Waals surface area contributed by atoms with Crippen LogP contribution in [-0.2, 0) is 0 Å². The summed E-state index contributed by atoms with van der Waals surface area (Å²) in [7, 11) is 2.09. The Morgan fingerprint density at radius 3 is 2.73 bits per heavy atom. The summed E-state index contributed by atoms with van der Waals surface area (Å²) in [6.45, 7) is 2.20. The molecular weight excluding hydrogens is 206 g/mol. The van der Waals surface area contributed by atoms with Crippen molar-refractivity contribution in [1.29, 1.82) is 0 Å². The molecular formula is C11H19N3S. The summed E-state index contributed by atoms with van der Waals surface area (Å²) in [4.78, 5) is 6.54. The quantitative estimate of drug-likeness (QED) is 0.834. The summed E-state index contributed by atoms with van der Waals surface area (Å²) in [5.41, 5.74) is 6.32. The van der Waals surface area contributed by atoms with Crippen molar-refractivity contribution >= 4 is 23.3 Å². The SMILES string of the molecule is CCC(CSC)N(C)c1ccc(N)cn1. The van der Waals surface area contributed by atoms with Gasteiger partial charge in [0.15, 0.2) is 0 Å². The molecule has 0 aliphatic carbocycles. The van der Waals surface area contributed by atoms with E-state index >= 15 is 0 Å². The van der Waals surface area contributed by atoms with Crippen LogP contribution < -0.4 is 10.6 Å². The van der Waals surface area contributed by atoms with Gasteiger partial charge in [0.1, 0.15) is 5.82 Å². The Hall–Kier alpha value is -0.900. The second kappa shape index (κ2) is 5.85. The summed E-state index contributed by atoms with van der Waals surface area (Å²) in [5, 5.41) is 0. The molecule has 0 aliphatic heterocycles. The van der Waals surface area contributed by atoms with Crippen molar-refractivity contribution < 1.29 is 0 Å². The first-order valence-corrected chi connectivity index (χ1v) is 6.51. The molecule has 1 heterocycles. The van der Waals surface area contributed by atoms with Crippen LogP contribution in [0.15, 0.2) is 18.3 Å². The molecule has 84 valence electrons. The highest BCUT2D eigenvalue weighted by Gasteiger charge is 2.13. The van der Waals surface area contributed by atoms with Gasteiger partial charge in [-0.3, -0.25) is 0 Å². The third kappa shape index (κ3) is 3.30. The zero-order valence-electron chi connectivity index (χ0n) is 9.60. The largest absolute Gasteiger partial charge is 0.397 e. The lowest BCUT2D eigenvalue weighted by Gasteiger charge is -2.27. The Kier molecular flexibility index (Phi) is 4.75. The van der Waals surface area contributed by atoms with Crippen LogP contribution in [-0.4, -0.2) is 30.1 Å². The first-order chi connectivity index (χ1) is 7.19. The molecule has 0 spiro atoms. The molecule has 0 saturated heterocycles. The summed E-state index contributed by atoms with van der Waals surface area (Å²) in [5.74, 6) is 2.11. The summed E-state index contributed by atoms with van der Waals surface area (Å²) in [6.07, 6.45) is 4.97. The van der Waals surface area contributed by atoms with Gasteiger partial charge in [0.05, 0.1) is 11.9 Å². The molecule has 0 radical (unpaired) electrons. The van der Waals surface area contributed by atoms with E-state index < -0.39 is 0 Å². The lowest BCUT2D eigenvalue weighted by atomic mass is 10.2. The maximum Gasteiger partial charge on any atom is 0.128 e. The van der Waals surface area contributed by atoms with Gasteiger partial charge in [-0.2, -0.15) is 11.8 Å². The first-order valence-electron chi connectivity index (χ1n) is 5.12. The van der Waals surface area contributed by atoms with Gasteiger partial charge in [-0.25, -0.2) is 4.98 Å². The molecule has 1 rings (SSSR count).